The van der Waals surface area contributed by atoms with Crippen LogP contribution in [0.5, 0.6) is 5.75 Å². The zero-order valence-corrected chi connectivity index (χ0v) is 10.2. The highest BCUT2D eigenvalue weighted by Crippen LogP contribution is 2.30. The Balaban J connectivity index is 2.15. The zero-order valence-electron chi connectivity index (χ0n) is 10.2. The van der Waals surface area contributed by atoms with Gasteiger partial charge >= 0.3 is 5.97 Å². The molecule has 3 nitrogen and oxygen atoms in total. The van der Waals surface area contributed by atoms with Crippen molar-refractivity contribution in [2.75, 3.05) is 13.7 Å². The largest absolute Gasteiger partial charge is 0.426 e. The van der Waals surface area contributed by atoms with Crippen molar-refractivity contribution in [3.63, 3.8) is 0 Å². The fourth-order valence-electron chi connectivity index (χ4n) is 1.95. The van der Waals surface area contributed by atoms with E-state index in [0.29, 0.717) is 13.0 Å². The topological polar surface area (TPSA) is 35.5 Å². The summed E-state index contributed by atoms with van der Waals surface area (Å²) in [4.78, 5) is 11.2. The number of benzene rings is 1. The molecule has 3 heteroatoms. The van der Waals surface area contributed by atoms with Crippen molar-refractivity contribution in [1.82, 2.24) is 0 Å². The van der Waals surface area contributed by atoms with Crippen molar-refractivity contribution in [2.24, 2.45) is 0 Å². The fourth-order valence-corrected chi connectivity index (χ4v) is 1.95. The molecule has 90 valence electrons. The fraction of sp³-hybridized carbons (Fsp3) is 0.357. The summed E-state index contributed by atoms with van der Waals surface area (Å²) in [5, 5.41) is 0. The number of carbonyl (C=O) groups is 1. The maximum atomic E-state index is 11.2. The van der Waals surface area contributed by atoms with Crippen LogP contribution in [0.4, 0.5) is 0 Å². The van der Waals surface area contributed by atoms with E-state index in [1.807, 2.05) is 25.1 Å². The summed E-state index contributed by atoms with van der Waals surface area (Å²) in [7, 11) is 1.68. The minimum absolute atomic E-state index is 0.162. The molecule has 2 rings (SSSR count). The summed E-state index contributed by atoms with van der Waals surface area (Å²) < 4.78 is 10.3. The highest BCUT2D eigenvalue weighted by Gasteiger charge is 2.22. The average molecular weight is 232 g/mol. The Bertz CT molecular complexity index is 461. The molecular weight excluding hydrogens is 216 g/mol. The van der Waals surface area contributed by atoms with E-state index in [-0.39, 0.29) is 5.97 Å². The molecule has 0 bridgehead atoms. The highest BCUT2D eigenvalue weighted by atomic mass is 16.5. The Labute approximate surface area is 101 Å². The zero-order chi connectivity index (χ0) is 12.3. The molecule has 1 aliphatic rings. The van der Waals surface area contributed by atoms with E-state index in [1.54, 1.807) is 7.11 Å². The normalized spacial score (nSPS) is 14.7. The number of esters is 1. The van der Waals surface area contributed by atoms with Crippen molar-refractivity contribution in [2.45, 2.75) is 19.8 Å². The standard InChI is InChI=1S/C14H16O3/c1-10(9-16-2)6-7-11-4-3-5-12-8-13(15)17-14(11)12/h3-6H,7-9H2,1-2H3. The summed E-state index contributed by atoms with van der Waals surface area (Å²) in [5.41, 5.74) is 3.23. The molecule has 1 heterocycles. The molecule has 0 aliphatic carbocycles. The van der Waals surface area contributed by atoms with Crippen LogP contribution in [-0.2, 0) is 22.4 Å². The number of para-hydroxylation sites is 1. The third kappa shape index (κ3) is 2.74. The Morgan fingerprint density at radius 2 is 2.35 bits per heavy atom. The molecule has 0 unspecified atom stereocenters. The number of ether oxygens (including phenoxy) is 2. The third-order valence-electron chi connectivity index (χ3n) is 2.77. The molecule has 17 heavy (non-hydrogen) atoms. The van der Waals surface area contributed by atoms with Gasteiger partial charge in [0.05, 0.1) is 13.0 Å². The van der Waals surface area contributed by atoms with Crippen LogP contribution in [0.3, 0.4) is 0 Å². The lowest BCUT2D eigenvalue weighted by Gasteiger charge is -2.05. The number of carbonyl (C=O) groups excluding carboxylic acids is 1. The number of allylic oxidation sites excluding steroid dienone is 1. The summed E-state index contributed by atoms with van der Waals surface area (Å²) >= 11 is 0. The van der Waals surface area contributed by atoms with Crippen LogP contribution >= 0.6 is 0 Å². The minimum atomic E-state index is -0.162. The number of methoxy groups -OCH3 is 1. The summed E-state index contributed by atoms with van der Waals surface area (Å²) in [6.07, 6.45) is 3.26. The van der Waals surface area contributed by atoms with Crippen molar-refractivity contribution < 1.29 is 14.3 Å². The molecule has 0 atom stereocenters. The second-order valence-electron chi connectivity index (χ2n) is 4.24. The van der Waals surface area contributed by atoms with E-state index in [2.05, 4.69) is 6.08 Å². The smallest absolute Gasteiger partial charge is 0.315 e. The molecule has 0 aromatic heterocycles. The molecule has 1 aliphatic heterocycles. The number of rotatable bonds is 4. The summed E-state index contributed by atoms with van der Waals surface area (Å²) in [6.45, 7) is 2.66. The molecule has 0 saturated heterocycles. The predicted octanol–water partition coefficient (Wildman–Crippen LogP) is 2.28. The molecule has 1 aromatic carbocycles. The van der Waals surface area contributed by atoms with Gasteiger partial charge < -0.3 is 9.47 Å². The lowest BCUT2D eigenvalue weighted by atomic mass is 10.0. The molecule has 0 N–H and O–H groups in total. The third-order valence-corrected chi connectivity index (χ3v) is 2.77. The lowest BCUT2D eigenvalue weighted by Crippen LogP contribution is -2.01. The van der Waals surface area contributed by atoms with Gasteiger partial charge in [-0.3, -0.25) is 4.79 Å². The second kappa shape index (κ2) is 5.15. The van der Waals surface area contributed by atoms with Crippen LogP contribution in [0, 0.1) is 0 Å². The van der Waals surface area contributed by atoms with E-state index in [0.717, 1.165) is 23.3 Å². The van der Waals surface area contributed by atoms with E-state index >= 15 is 0 Å². The van der Waals surface area contributed by atoms with E-state index in [4.69, 9.17) is 9.47 Å². The van der Waals surface area contributed by atoms with Gasteiger partial charge in [-0.1, -0.05) is 29.8 Å². The van der Waals surface area contributed by atoms with Crippen LogP contribution in [0.2, 0.25) is 0 Å². The molecule has 0 fully saturated rings. The molecule has 0 amide bonds. The van der Waals surface area contributed by atoms with Gasteiger partial charge in [-0.05, 0) is 18.9 Å². The Kier molecular flexibility index (Phi) is 3.59. The first-order valence-corrected chi connectivity index (χ1v) is 5.66. The Morgan fingerprint density at radius 1 is 1.53 bits per heavy atom. The second-order valence-corrected chi connectivity index (χ2v) is 4.24. The molecule has 0 radical (unpaired) electrons. The van der Waals surface area contributed by atoms with E-state index in [9.17, 15) is 4.79 Å². The van der Waals surface area contributed by atoms with Crippen molar-refractivity contribution >= 4 is 5.97 Å². The maximum Gasteiger partial charge on any atom is 0.315 e. The first kappa shape index (κ1) is 11.9. The molecule has 0 saturated carbocycles. The highest BCUT2D eigenvalue weighted by molar-refractivity contribution is 5.81. The summed E-state index contributed by atoms with van der Waals surface area (Å²) in [5.74, 6) is 0.587. The van der Waals surface area contributed by atoms with Gasteiger partial charge in [0, 0.05) is 12.7 Å². The quantitative estimate of drug-likeness (QED) is 0.454. The van der Waals surface area contributed by atoms with Crippen molar-refractivity contribution in [3.8, 4) is 5.75 Å². The SMILES string of the molecule is COCC(C)=CCc1cccc2c1OC(=O)C2. The van der Waals surface area contributed by atoms with Gasteiger partial charge in [0.1, 0.15) is 5.75 Å². The molecule has 0 spiro atoms. The van der Waals surface area contributed by atoms with Crippen LogP contribution in [0.1, 0.15) is 18.1 Å². The van der Waals surface area contributed by atoms with Crippen LogP contribution in [-0.4, -0.2) is 19.7 Å². The van der Waals surface area contributed by atoms with E-state index < -0.39 is 0 Å². The minimum Gasteiger partial charge on any atom is -0.426 e. The van der Waals surface area contributed by atoms with Gasteiger partial charge in [0.25, 0.3) is 0 Å². The Morgan fingerprint density at radius 3 is 3.12 bits per heavy atom. The van der Waals surface area contributed by atoms with Crippen molar-refractivity contribution in [1.29, 1.82) is 0 Å². The summed E-state index contributed by atoms with van der Waals surface area (Å²) in [6, 6.07) is 5.90. The predicted molar refractivity (Wildman–Crippen MR) is 65.1 cm³/mol. The number of fused-ring (bicyclic) bond motifs is 1. The van der Waals surface area contributed by atoms with Crippen LogP contribution in [0.25, 0.3) is 0 Å². The first-order chi connectivity index (χ1) is 8.20. The Hall–Kier alpha value is -1.61. The maximum absolute atomic E-state index is 11.2. The van der Waals surface area contributed by atoms with Crippen molar-refractivity contribution in [3.05, 3.63) is 41.0 Å². The molecular formula is C14H16O3. The monoisotopic (exact) mass is 232 g/mol. The van der Waals surface area contributed by atoms with Crippen LogP contribution in [0.15, 0.2) is 29.8 Å². The van der Waals surface area contributed by atoms with Gasteiger partial charge in [0.2, 0.25) is 0 Å². The first-order valence-electron chi connectivity index (χ1n) is 5.66. The van der Waals surface area contributed by atoms with Crippen LogP contribution < -0.4 is 4.74 Å². The molecule has 1 aromatic rings. The van der Waals surface area contributed by atoms with Gasteiger partial charge in [-0.15, -0.1) is 0 Å². The van der Waals surface area contributed by atoms with Gasteiger partial charge in [0.15, 0.2) is 0 Å². The van der Waals surface area contributed by atoms with Gasteiger partial charge in [-0.25, -0.2) is 0 Å². The number of hydrogen-bond donors (Lipinski definition) is 0. The lowest BCUT2D eigenvalue weighted by molar-refractivity contribution is -0.131. The number of hydrogen-bond acceptors (Lipinski definition) is 3. The van der Waals surface area contributed by atoms with Gasteiger partial charge in [-0.2, -0.15) is 0 Å². The van der Waals surface area contributed by atoms with E-state index in [1.165, 1.54) is 5.57 Å². The average Bonchev–Trinajstić information content (AvgIpc) is 2.67.